The monoisotopic (exact) mass is 302 g/mol. The van der Waals surface area contributed by atoms with Gasteiger partial charge in [0.25, 0.3) is 0 Å². The number of nitrogens with one attached hydrogen (secondary N) is 1. The summed E-state index contributed by atoms with van der Waals surface area (Å²) in [6, 6.07) is 17.8. The highest BCUT2D eigenvalue weighted by Crippen LogP contribution is 2.29. The molecule has 0 aromatic heterocycles. The minimum absolute atomic E-state index is 0.309. The number of aliphatic imine (C=N–C) groups is 1. The standard InChI is InChI=1S/C14H11BrN2O/c15-12-9-5-4-8-11(12)14-16-13(17-18-14)10-6-2-1-3-7-10/h1-9,14H,(H,16,17)/t14-/m0/s1. The molecule has 2 aromatic carbocycles. The highest BCUT2D eigenvalue weighted by atomic mass is 79.9. The van der Waals surface area contributed by atoms with Crippen molar-refractivity contribution in [2.45, 2.75) is 6.23 Å². The van der Waals surface area contributed by atoms with Crippen molar-refractivity contribution in [2.24, 2.45) is 4.99 Å². The third kappa shape index (κ3) is 2.17. The topological polar surface area (TPSA) is 33.6 Å². The van der Waals surface area contributed by atoms with Crippen molar-refractivity contribution in [1.29, 1.82) is 0 Å². The number of hydrogen-bond donors (Lipinski definition) is 1. The second kappa shape index (κ2) is 4.92. The summed E-state index contributed by atoms with van der Waals surface area (Å²) in [6.07, 6.45) is -0.309. The van der Waals surface area contributed by atoms with Crippen molar-refractivity contribution >= 4 is 21.8 Å². The van der Waals surface area contributed by atoms with Crippen LogP contribution in [0, 0.1) is 0 Å². The quantitative estimate of drug-likeness (QED) is 0.922. The van der Waals surface area contributed by atoms with Crippen molar-refractivity contribution in [3.05, 3.63) is 70.2 Å². The fourth-order valence-corrected chi connectivity index (χ4v) is 2.30. The third-order valence-electron chi connectivity index (χ3n) is 2.73. The molecule has 0 unspecified atom stereocenters. The first-order valence-electron chi connectivity index (χ1n) is 5.64. The van der Waals surface area contributed by atoms with E-state index in [0.717, 1.165) is 21.4 Å². The normalized spacial score (nSPS) is 18.3. The Kier molecular flexibility index (Phi) is 3.13. The van der Waals surface area contributed by atoms with Crippen molar-refractivity contribution in [1.82, 2.24) is 5.48 Å². The molecule has 1 aliphatic heterocycles. The molecule has 0 amide bonds. The van der Waals surface area contributed by atoms with Crippen LogP contribution in [0.5, 0.6) is 0 Å². The minimum atomic E-state index is -0.309. The fourth-order valence-electron chi connectivity index (χ4n) is 1.82. The number of hydrogen-bond acceptors (Lipinski definition) is 3. The predicted octanol–water partition coefficient (Wildman–Crippen LogP) is 3.43. The van der Waals surface area contributed by atoms with Crippen LogP contribution in [0.15, 0.2) is 64.1 Å². The lowest BCUT2D eigenvalue weighted by Gasteiger charge is -2.07. The Morgan fingerprint density at radius 1 is 1.00 bits per heavy atom. The Bertz CT molecular complexity index is 583. The van der Waals surface area contributed by atoms with Gasteiger partial charge in [-0.15, -0.1) is 0 Å². The fraction of sp³-hybridized carbons (Fsp3) is 0.0714. The molecule has 3 nitrogen and oxygen atoms in total. The van der Waals surface area contributed by atoms with E-state index < -0.39 is 0 Å². The molecule has 2 aromatic rings. The summed E-state index contributed by atoms with van der Waals surface area (Å²) in [4.78, 5) is 10.0. The van der Waals surface area contributed by atoms with Crippen LogP contribution in [0.4, 0.5) is 0 Å². The summed E-state index contributed by atoms with van der Waals surface area (Å²) in [5.41, 5.74) is 4.91. The van der Waals surface area contributed by atoms with Crippen LogP contribution in [0.3, 0.4) is 0 Å². The van der Waals surface area contributed by atoms with E-state index in [9.17, 15) is 0 Å². The molecule has 0 radical (unpaired) electrons. The van der Waals surface area contributed by atoms with E-state index in [0.29, 0.717) is 0 Å². The molecular weight excluding hydrogens is 292 g/mol. The van der Waals surface area contributed by atoms with Gasteiger partial charge in [0.2, 0.25) is 6.23 Å². The van der Waals surface area contributed by atoms with Gasteiger partial charge in [0.1, 0.15) is 0 Å². The summed E-state index contributed by atoms with van der Waals surface area (Å²) in [5, 5.41) is 0. The first kappa shape index (κ1) is 11.4. The average Bonchev–Trinajstić information content (AvgIpc) is 2.90. The number of benzene rings is 2. The summed E-state index contributed by atoms with van der Waals surface area (Å²) in [6.45, 7) is 0. The molecule has 4 heteroatoms. The Labute approximate surface area is 114 Å². The van der Waals surface area contributed by atoms with Crippen LogP contribution in [-0.4, -0.2) is 5.84 Å². The summed E-state index contributed by atoms with van der Waals surface area (Å²) >= 11 is 3.51. The van der Waals surface area contributed by atoms with Crippen molar-refractivity contribution < 1.29 is 4.84 Å². The zero-order valence-corrected chi connectivity index (χ0v) is 11.1. The Balaban J connectivity index is 1.91. The second-order valence-electron chi connectivity index (χ2n) is 3.94. The van der Waals surface area contributed by atoms with E-state index in [1.165, 1.54) is 0 Å². The van der Waals surface area contributed by atoms with E-state index in [4.69, 9.17) is 4.84 Å². The van der Waals surface area contributed by atoms with Gasteiger partial charge < -0.3 is 0 Å². The van der Waals surface area contributed by atoms with E-state index in [1.807, 2.05) is 54.6 Å². The number of rotatable bonds is 2. The van der Waals surface area contributed by atoms with E-state index in [-0.39, 0.29) is 6.23 Å². The Hall–Kier alpha value is -1.65. The van der Waals surface area contributed by atoms with Crippen molar-refractivity contribution in [2.75, 3.05) is 0 Å². The largest absolute Gasteiger partial charge is 0.246 e. The van der Waals surface area contributed by atoms with Crippen LogP contribution in [-0.2, 0) is 4.84 Å². The van der Waals surface area contributed by atoms with Gasteiger partial charge in [-0.1, -0.05) is 64.5 Å². The second-order valence-corrected chi connectivity index (χ2v) is 4.79. The molecule has 1 N–H and O–H groups in total. The van der Waals surface area contributed by atoms with Gasteiger partial charge in [-0.05, 0) is 6.07 Å². The maximum atomic E-state index is 5.50. The summed E-state index contributed by atoms with van der Waals surface area (Å²) < 4.78 is 0.995. The van der Waals surface area contributed by atoms with Crippen molar-refractivity contribution in [3.8, 4) is 0 Å². The zero-order valence-electron chi connectivity index (χ0n) is 9.51. The molecule has 0 aliphatic carbocycles. The molecule has 1 atom stereocenters. The number of amidine groups is 1. The number of halogens is 1. The van der Waals surface area contributed by atoms with Crippen LogP contribution < -0.4 is 5.48 Å². The van der Waals surface area contributed by atoms with Gasteiger partial charge in [0.15, 0.2) is 5.84 Å². The predicted molar refractivity (Wildman–Crippen MR) is 74.1 cm³/mol. The molecule has 1 aliphatic rings. The molecule has 18 heavy (non-hydrogen) atoms. The van der Waals surface area contributed by atoms with Gasteiger partial charge in [0.05, 0.1) is 0 Å². The van der Waals surface area contributed by atoms with Crippen LogP contribution in [0.25, 0.3) is 0 Å². The van der Waals surface area contributed by atoms with Crippen LogP contribution in [0.1, 0.15) is 17.4 Å². The van der Waals surface area contributed by atoms with Gasteiger partial charge in [0, 0.05) is 15.6 Å². The van der Waals surface area contributed by atoms with Gasteiger partial charge in [-0.2, -0.15) is 0 Å². The van der Waals surface area contributed by atoms with Crippen LogP contribution in [0.2, 0.25) is 0 Å². The Morgan fingerprint density at radius 2 is 1.72 bits per heavy atom. The molecular formula is C14H11BrN2O. The van der Waals surface area contributed by atoms with E-state index in [1.54, 1.807) is 0 Å². The molecule has 0 fully saturated rings. The molecule has 3 rings (SSSR count). The van der Waals surface area contributed by atoms with Gasteiger partial charge >= 0.3 is 0 Å². The molecule has 1 heterocycles. The SMILES string of the molecule is Brc1ccccc1[C@H]1N=C(c2ccccc2)NO1. The third-order valence-corrected chi connectivity index (χ3v) is 3.45. The average molecular weight is 303 g/mol. The van der Waals surface area contributed by atoms with Gasteiger partial charge in [-0.25, -0.2) is 15.3 Å². The Morgan fingerprint density at radius 3 is 2.50 bits per heavy atom. The molecule has 0 saturated heterocycles. The zero-order chi connectivity index (χ0) is 12.4. The van der Waals surface area contributed by atoms with E-state index in [2.05, 4.69) is 26.4 Å². The lowest BCUT2D eigenvalue weighted by Crippen LogP contribution is -2.17. The first-order chi connectivity index (χ1) is 8.84. The molecule has 0 saturated carbocycles. The maximum Gasteiger partial charge on any atom is 0.203 e. The maximum absolute atomic E-state index is 5.50. The first-order valence-corrected chi connectivity index (χ1v) is 6.43. The van der Waals surface area contributed by atoms with Crippen LogP contribution >= 0.6 is 15.9 Å². The molecule has 0 spiro atoms. The van der Waals surface area contributed by atoms with E-state index >= 15 is 0 Å². The highest BCUT2D eigenvalue weighted by Gasteiger charge is 2.22. The molecule has 90 valence electrons. The summed E-state index contributed by atoms with van der Waals surface area (Å²) in [7, 11) is 0. The smallest absolute Gasteiger partial charge is 0.203 e. The highest BCUT2D eigenvalue weighted by molar-refractivity contribution is 9.10. The number of hydroxylamine groups is 1. The summed E-state index contributed by atoms with van der Waals surface area (Å²) in [5.74, 6) is 0.761. The molecule has 0 bridgehead atoms. The lowest BCUT2D eigenvalue weighted by atomic mass is 10.2. The lowest BCUT2D eigenvalue weighted by molar-refractivity contribution is 0.0373. The van der Waals surface area contributed by atoms with Crippen molar-refractivity contribution in [3.63, 3.8) is 0 Å². The number of nitrogens with zero attached hydrogens (tertiary/aromatic N) is 1. The van der Waals surface area contributed by atoms with Gasteiger partial charge in [-0.3, -0.25) is 0 Å². The minimum Gasteiger partial charge on any atom is -0.246 e.